The molecule has 0 spiro atoms. The van der Waals surface area contributed by atoms with Gasteiger partial charge in [0.25, 0.3) is 0 Å². The molecule has 72 valence electrons. The Kier molecular flexibility index (Phi) is 3.48. The zero-order valence-corrected chi connectivity index (χ0v) is 8.97. The molecular formula is C7H15O4P. The quantitative estimate of drug-likeness (QED) is 0.633. The van der Waals surface area contributed by atoms with E-state index in [2.05, 4.69) is 4.52 Å². The Labute approximate surface area is 72.7 Å². The van der Waals surface area contributed by atoms with Crippen LogP contribution in [0.2, 0.25) is 0 Å². The van der Waals surface area contributed by atoms with E-state index >= 15 is 0 Å². The minimum atomic E-state index is -3.22. The summed E-state index contributed by atoms with van der Waals surface area (Å²) < 4.78 is 20.7. The summed E-state index contributed by atoms with van der Waals surface area (Å²) in [6, 6.07) is 0. The molecule has 0 bridgehead atoms. The first kappa shape index (κ1) is 11.7. The van der Waals surface area contributed by atoms with Gasteiger partial charge in [-0.2, -0.15) is 0 Å². The van der Waals surface area contributed by atoms with Crippen LogP contribution < -0.4 is 0 Å². The van der Waals surface area contributed by atoms with E-state index in [1.54, 1.807) is 20.8 Å². The van der Waals surface area contributed by atoms with E-state index in [4.69, 9.17) is 4.74 Å². The fourth-order valence-corrected chi connectivity index (χ4v) is 1.01. The zero-order chi connectivity index (χ0) is 9.99. The SMILES string of the molecule is COP(C)(=O)C(=O)OC(C)(C)C. The maximum absolute atomic E-state index is 11.3. The third kappa shape index (κ3) is 3.88. The Balaban J connectivity index is 4.34. The monoisotopic (exact) mass is 194 g/mol. The zero-order valence-electron chi connectivity index (χ0n) is 8.08. The summed E-state index contributed by atoms with van der Waals surface area (Å²) in [7, 11) is -2.00. The van der Waals surface area contributed by atoms with E-state index in [9.17, 15) is 9.36 Å². The summed E-state index contributed by atoms with van der Waals surface area (Å²) in [6.45, 7) is 6.36. The van der Waals surface area contributed by atoms with E-state index in [1.165, 1.54) is 13.8 Å². The van der Waals surface area contributed by atoms with Crippen molar-refractivity contribution in [1.29, 1.82) is 0 Å². The molecule has 1 unspecified atom stereocenters. The topological polar surface area (TPSA) is 52.6 Å². The number of ether oxygens (including phenoxy) is 1. The molecule has 0 aromatic carbocycles. The van der Waals surface area contributed by atoms with E-state index in [-0.39, 0.29) is 0 Å². The number of carbonyl (C=O) groups is 1. The highest BCUT2D eigenvalue weighted by atomic mass is 31.2. The molecule has 0 saturated heterocycles. The van der Waals surface area contributed by atoms with Gasteiger partial charge in [-0.25, -0.2) is 4.79 Å². The normalized spacial score (nSPS) is 16.8. The lowest BCUT2D eigenvalue weighted by Gasteiger charge is -2.21. The maximum Gasteiger partial charge on any atom is 0.391 e. The highest BCUT2D eigenvalue weighted by Crippen LogP contribution is 2.44. The number of hydrogen-bond acceptors (Lipinski definition) is 4. The summed E-state index contributed by atoms with van der Waals surface area (Å²) in [4.78, 5) is 11.1. The third-order valence-electron chi connectivity index (χ3n) is 1.07. The summed E-state index contributed by atoms with van der Waals surface area (Å²) in [5, 5.41) is 0. The van der Waals surface area contributed by atoms with Crippen LogP contribution in [0.3, 0.4) is 0 Å². The number of rotatable bonds is 2. The van der Waals surface area contributed by atoms with Crippen LogP contribution in [0.25, 0.3) is 0 Å². The van der Waals surface area contributed by atoms with Gasteiger partial charge < -0.3 is 9.26 Å². The molecular weight excluding hydrogens is 179 g/mol. The molecule has 0 saturated carbocycles. The predicted octanol–water partition coefficient (Wildman–Crippen LogP) is 2.48. The van der Waals surface area contributed by atoms with E-state index in [1.807, 2.05) is 0 Å². The van der Waals surface area contributed by atoms with Crippen molar-refractivity contribution in [1.82, 2.24) is 0 Å². The van der Waals surface area contributed by atoms with Gasteiger partial charge in [0.2, 0.25) is 0 Å². The van der Waals surface area contributed by atoms with Crippen LogP contribution >= 0.6 is 7.37 Å². The van der Waals surface area contributed by atoms with Crippen molar-refractivity contribution in [3.63, 3.8) is 0 Å². The van der Waals surface area contributed by atoms with Gasteiger partial charge >= 0.3 is 13.1 Å². The van der Waals surface area contributed by atoms with Gasteiger partial charge in [-0.05, 0) is 20.8 Å². The van der Waals surface area contributed by atoms with Crippen molar-refractivity contribution >= 4 is 13.1 Å². The minimum absolute atomic E-state index is 0.624. The highest BCUT2D eigenvalue weighted by Gasteiger charge is 2.31. The van der Waals surface area contributed by atoms with E-state index in [0.717, 1.165) is 0 Å². The lowest BCUT2D eigenvalue weighted by atomic mass is 10.2. The summed E-state index contributed by atoms with van der Waals surface area (Å²) in [5.74, 6) is 0. The van der Waals surface area contributed by atoms with Crippen molar-refractivity contribution < 1.29 is 18.6 Å². The molecule has 0 rings (SSSR count). The van der Waals surface area contributed by atoms with Crippen molar-refractivity contribution in [2.24, 2.45) is 0 Å². The minimum Gasteiger partial charge on any atom is -0.453 e. The second-order valence-corrected chi connectivity index (χ2v) is 5.93. The van der Waals surface area contributed by atoms with Crippen LogP contribution in [0.4, 0.5) is 4.79 Å². The average molecular weight is 194 g/mol. The van der Waals surface area contributed by atoms with Crippen LogP contribution in [0.15, 0.2) is 0 Å². The van der Waals surface area contributed by atoms with Gasteiger partial charge in [-0.3, -0.25) is 4.57 Å². The molecule has 5 heteroatoms. The van der Waals surface area contributed by atoms with Gasteiger partial charge in [-0.1, -0.05) is 0 Å². The average Bonchev–Trinajstić information content (AvgIpc) is 1.84. The first-order chi connectivity index (χ1) is 5.19. The molecule has 0 radical (unpaired) electrons. The van der Waals surface area contributed by atoms with Crippen molar-refractivity contribution in [3.8, 4) is 0 Å². The lowest BCUT2D eigenvalue weighted by Crippen LogP contribution is -2.23. The predicted molar refractivity (Wildman–Crippen MR) is 46.8 cm³/mol. The van der Waals surface area contributed by atoms with Crippen molar-refractivity contribution in [2.45, 2.75) is 26.4 Å². The van der Waals surface area contributed by atoms with Gasteiger partial charge in [0.15, 0.2) is 0 Å². The van der Waals surface area contributed by atoms with Gasteiger partial charge in [0.1, 0.15) is 5.60 Å². The second-order valence-electron chi connectivity index (χ2n) is 3.51. The molecule has 0 fully saturated rings. The number of hydrogen-bond donors (Lipinski definition) is 0. The first-order valence-corrected chi connectivity index (χ1v) is 5.63. The smallest absolute Gasteiger partial charge is 0.391 e. The molecule has 0 aromatic rings. The van der Waals surface area contributed by atoms with Gasteiger partial charge in [0.05, 0.1) is 0 Å². The van der Waals surface area contributed by atoms with Crippen LogP contribution in [-0.2, 0) is 13.8 Å². The van der Waals surface area contributed by atoms with Crippen LogP contribution in [0, 0.1) is 0 Å². The Bertz CT molecular complexity index is 216. The standard InChI is InChI=1S/C7H15O4P/c1-7(2,3)11-6(8)12(5,9)10-4/h1-5H3. The van der Waals surface area contributed by atoms with Gasteiger partial charge in [-0.15, -0.1) is 0 Å². The molecule has 0 aromatic heterocycles. The molecule has 0 aliphatic rings. The molecule has 0 aliphatic carbocycles. The van der Waals surface area contributed by atoms with Crippen LogP contribution in [0.5, 0.6) is 0 Å². The molecule has 0 N–H and O–H groups in total. The number of carbonyl (C=O) groups excluding carboxylic acids is 1. The summed E-state index contributed by atoms with van der Waals surface area (Å²) >= 11 is 0. The maximum atomic E-state index is 11.3. The first-order valence-electron chi connectivity index (χ1n) is 3.56. The Morgan fingerprint density at radius 2 is 1.75 bits per heavy atom. The molecule has 1 atom stereocenters. The molecule has 0 aliphatic heterocycles. The van der Waals surface area contributed by atoms with E-state index < -0.39 is 18.7 Å². The Morgan fingerprint density at radius 1 is 1.33 bits per heavy atom. The Morgan fingerprint density at radius 3 is 2.00 bits per heavy atom. The van der Waals surface area contributed by atoms with Crippen molar-refractivity contribution in [2.75, 3.05) is 13.8 Å². The van der Waals surface area contributed by atoms with Crippen LogP contribution in [0.1, 0.15) is 20.8 Å². The largest absolute Gasteiger partial charge is 0.453 e. The Hall–Kier alpha value is -0.340. The summed E-state index contributed by atoms with van der Waals surface area (Å²) in [6.07, 6.45) is 0. The van der Waals surface area contributed by atoms with E-state index in [0.29, 0.717) is 0 Å². The highest BCUT2D eigenvalue weighted by molar-refractivity contribution is 7.74. The molecule has 4 nitrogen and oxygen atoms in total. The molecule has 0 amide bonds. The fraction of sp³-hybridized carbons (Fsp3) is 0.857. The van der Waals surface area contributed by atoms with Crippen LogP contribution in [-0.4, -0.2) is 25.1 Å². The fourth-order valence-electron chi connectivity index (χ4n) is 0.419. The third-order valence-corrected chi connectivity index (χ3v) is 2.52. The summed E-state index contributed by atoms with van der Waals surface area (Å²) in [5.41, 5.74) is -1.40. The lowest BCUT2D eigenvalue weighted by molar-refractivity contribution is 0.0693. The van der Waals surface area contributed by atoms with Gasteiger partial charge in [0, 0.05) is 13.8 Å². The molecule has 12 heavy (non-hydrogen) atoms. The van der Waals surface area contributed by atoms with Crippen molar-refractivity contribution in [3.05, 3.63) is 0 Å². The molecule has 0 heterocycles. The second kappa shape index (κ2) is 3.58.